The summed E-state index contributed by atoms with van der Waals surface area (Å²) in [5.41, 5.74) is 5.48. The monoisotopic (exact) mass is 313 g/mol. The Kier molecular flexibility index (Phi) is 2.88. The molecular weight excluding hydrogens is 298 g/mol. The molecule has 0 atom stereocenters. The summed E-state index contributed by atoms with van der Waals surface area (Å²) in [6, 6.07) is 16.8. The van der Waals surface area contributed by atoms with Crippen molar-refractivity contribution in [3.05, 3.63) is 72.8 Å². The lowest BCUT2D eigenvalue weighted by Crippen LogP contribution is -1.91. The number of fused-ring (bicyclic) bond motifs is 2. The van der Waals surface area contributed by atoms with E-state index in [1.54, 1.807) is 12.5 Å². The quantitative estimate of drug-likeness (QED) is 0.561. The van der Waals surface area contributed by atoms with E-state index in [4.69, 9.17) is 9.72 Å². The van der Waals surface area contributed by atoms with Crippen molar-refractivity contribution in [3.63, 3.8) is 0 Å². The molecule has 0 aliphatic carbocycles. The van der Waals surface area contributed by atoms with Crippen LogP contribution in [-0.2, 0) is 6.42 Å². The molecule has 0 bridgehead atoms. The molecule has 0 fully saturated rings. The van der Waals surface area contributed by atoms with Crippen molar-refractivity contribution in [3.8, 4) is 22.7 Å². The van der Waals surface area contributed by atoms with E-state index in [2.05, 4.69) is 47.4 Å². The van der Waals surface area contributed by atoms with Crippen LogP contribution < -0.4 is 4.74 Å². The van der Waals surface area contributed by atoms with Crippen LogP contribution >= 0.6 is 0 Å². The molecule has 0 unspecified atom stereocenters. The van der Waals surface area contributed by atoms with Gasteiger partial charge in [-0.1, -0.05) is 6.07 Å². The first-order chi connectivity index (χ1) is 11.9. The maximum atomic E-state index is 5.58. The van der Waals surface area contributed by atoms with Crippen molar-refractivity contribution in [1.82, 2.24) is 14.5 Å². The van der Waals surface area contributed by atoms with Gasteiger partial charge in [0.25, 0.3) is 0 Å². The van der Waals surface area contributed by atoms with Crippen LogP contribution in [0.5, 0.6) is 5.75 Å². The highest BCUT2D eigenvalue weighted by Crippen LogP contribution is 2.30. The number of hydrogen-bond acceptors (Lipinski definition) is 3. The van der Waals surface area contributed by atoms with Crippen molar-refractivity contribution in [2.75, 3.05) is 6.61 Å². The Balaban J connectivity index is 1.57. The molecule has 116 valence electrons. The predicted octanol–water partition coefficient (Wildman–Crippen LogP) is 4.02. The van der Waals surface area contributed by atoms with E-state index in [1.807, 2.05) is 16.8 Å². The third-order valence-electron chi connectivity index (χ3n) is 4.46. The maximum Gasteiger partial charge on any atom is 0.122 e. The van der Waals surface area contributed by atoms with E-state index >= 15 is 0 Å². The summed E-state index contributed by atoms with van der Waals surface area (Å²) in [6.45, 7) is 0.779. The van der Waals surface area contributed by atoms with Crippen molar-refractivity contribution in [1.29, 1.82) is 0 Å². The molecule has 0 N–H and O–H groups in total. The van der Waals surface area contributed by atoms with Gasteiger partial charge in [-0.2, -0.15) is 0 Å². The third-order valence-corrected chi connectivity index (χ3v) is 4.46. The van der Waals surface area contributed by atoms with Crippen molar-refractivity contribution >= 4 is 10.9 Å². The molecule has 3 heterocycles. The third kappa shape index (κ3) is 2.15. The molecule has 2 aromatic heterocycles. The Morgan fingerprint density at radius 2 is 2.00 bits per heavy atom. The first-order valence-corrected chi connectivity index (χ1v) is 8.02. The summed E-state index contributed by atoms with van der Waals surface area (Å²) < 4.78 is 7.57. The zero-order chi connectivity index (χ0) is 15.9. The molecule has 4 aromatic rings. The number of benzene rings is 2. The lowest BCUT2D eigenvalue weighted by atomic mass is 10.0. The highest BCUT2D eigenvalue weighted by molar-refractivity contribution is 5.83. The minimum Gasteiger partial charge on any atom is -0.493 e. The number of rotatable bonds is 2. The topological polar surface area (TPSA) is 39.9 Å². The van der Waals surface area contributed by atoms with Gasteiger partial charge in [-0.25, -0.2) is 9.97 Å². The van der Waals surface area contributed by atoms with Crippen molar-refractivity contribution < 1.29 is 4.74 Å². The van der Waals surface area contributed by atoms with E-state index in [1.165, 1.54) is 5.56 Å². The minimum absolute atomic E-state index is 0.779. The van der Waals surface area contributed by atoms with Gasteiger partial charge in [-0.05, 0) is 48.0 Å². The van der Waals surface area contributed by atoms with E-state index in [-0.39, 0.29) is 0 Å². The normalized spacial score (nSPS) is 13.0. The zero-order valence-corrected chi connectivity index (χ0v) is 13.0. The van der Waals surface area contributed by atoms with E-state index < -0.39 is 0 Å². The molecule has 0 amide bonds. The summed E-state index contributed by atoms with van der Waals surface area (Å²) in [7, 11) is 0. The largest absolute Gasteiger partial charge is 0.493 e. The van der Waals surface area contributed by atoms with Crippen LogP contribution in [0.3, 0.4) is 0 Å². The summed E-state index contributed by atoms with van der Waals surface area (Å²) in [5, 5.41) is 1.12. The zero-order valence-electron chi connectivity index (χ0n) is 13.0. The molecule has 2 aromatic carbocycles. The second-order valence-electron chi connectivity index (χ2n) is 5.96. The van der Waals surface area contributed by atoms with Gasteiger partial charge in [0.15, 0.2) is 0 Å². The number of pyridine rings is 1. The van der Waals surface area contributed by atoms with Gasteiger partial charge < -0.3 is 9.30 Å². The standard InChI is InChI=1S/C20H15N3O/c1-4-18(14-2-6-20-16(11-14)7-10-24-20)22-19-5-3-17(12-15(1)19)23-9-8-21-13-23/h1-6,8-9,11-13H,7,10H2. The lowest BCUT2D eigenvalue weighted by Gasteiger charge is -2.07. The first kappa shape index (κ1) is 13.3. The summed E-state index contributed by atoms with van der Waals surface area (Å²) in [5.74, 6) is 1.00. The molecule has 0 saturated carbocycles. The number of hydrogen-bond donors (Lipinski definition) is 0. The molecule has 0 spiro atoms. The summed E-state index contributed by atoms with van der Waals surface area (Å²) in [4.78, 5) is 8.93. The Hall–Kier alpha value is -3.14. The number of imidazole rings is 1. The van der Waals surface area contributed by atoms with Crippen molar-refractivity contribution in [2.45, 2.75) is 6.42 Å². The average Bonchev–Trinajstić information content (AvgIpc) is 3.31. The van der Waals surface area contributed by atoms with E-state index in [0.29, 0.717) is 0 Å². The number of nitrogens with zero attached hydrogens (tertiary/aromatic N) is 3. The van der Waals surface area contributed by atoms with Crippen LogP contribution in [0.1, 0.15) is 5.56 Å². The highest BCUT2D eigenvalue weighted by atomic mass is 16.5. The fourth-order valence-electron chi connectivity index (χ4n) is 3.19. The van der Waals surface area contributed by atoms with Gasteiger partial charge in [0.1, 0.15) is 5.75 Å². The summed E-state index contributed by atoms with van der Waals surface area (Å²) >= 11 is 0. The summed E-state index contributed by atoms with van der Waals surface area (Å²) in [6.07, 6.45) is 6.50. The van der Waals surface area contributed by atoms with Crippen LogP contribution in [-0.4, -0.2) is 21.1 Å². The number of ether oxygens (including phenoxy) is 1. The van der Waals surface area contributed by atoms with Gasteiger partial charge in [0.2, 0.25) is 0 Å². The molecule has 1 aliphatic rings. The Labute approximate surface area is 139 Å². The van der Waals surface area contributed by atoms with Crippen LogP contribution in [0.15, 0.2) is 67.3 Å². The van der Waals surface area contributed by atoms with Gasteiger partial charge in [-0.15, -0.1) is 0 Å². The van der Waals surface area contributed by atoms with E-state index in [0.717, 1.165) is 46.6 Å². The molecule has 1 aliphatic heterocycles. The van der Waals surface area contributed by atoms with Crippen LogP contribution in [0, 0.1) is 0 Å². The molecule has 24 heavy (non-hydrogen) atoms. The number of aromatic nitrogens is 3. The minimum atomic E-state index is 0.779. The lowest BCUT2D eigenvalue weighted by molar-refractivity contribution is 0.357. The van der Waals surface area contributed by atoms with Crippen LogP contribution in [0.2, 0.25) is 0 Å². The molecule has 0 saturated heterocycles. The Bertz CT molecular complexity index is 1040. The molecule has 4 heteroatoms. The average molecular weight is 313 g/mol. The second kappa shape index (κ2) is 5.20. The first-order valence-electron chi connectivity index (χ1n) is 8.02. The fourth-order valence-corrected chi connectivity index (χ4v) is 3.19. The molecular formula is C20H15N3O. The van der Waals surface area contributed by atoms with Crippen molar-refractivity contribution in [2.24, 2.45) is 0 Å². The maximum absolute atomic E-state index is 5.58. The fraction of sp³-hybridized carbons (Fsp3) is 0.100. The molecule has 5 rings (SSSR count). The van der Waals surface area contributed by atoms with Crippen LogP contribution in [0.4, 0.5) is 0 Å². The second-order valence-corrected chi connectivity index (χ2v) is 5.96. The van der Waals surface area contributed by atoms with Gasteiger partial charge in [0.05, 0.1) is 24.1 Å². The Morgan fingerprint density at radius 3 is 2.92 bits per heavy atom. The van der Waals surface area contributed by atoms with E-state index in [9.17, 15) is 0 Å². The molecule has 4 nitrogen and oxygen atoms in total. The predicted molar refractivity (Wildman–Crippen MR) is 93.5 cm³/mol. The molecule has 0 radical (unpaired) electrons. The SMILES string of the molecule is c1cn(-c2ccc3nc(-c4ccc5c(c4)CCO5)ccc3c2)cn1. The van der Waals surface area contributed by atoms with Gasteiger partial charge >= 0.3 is 0 Å². The van der Waals surface area contributed by atoms with Gasteiger partial charge in [0, 0.05) is 35.5 Å². The smallest absolute Gasteiger partial charge is 0.122 e. The highest BCUT2D eigenvalue weighted by Gasteiger charge is 2.13. The van der Waals surface area contributed by atoms with Crippen LogP contribution in [0.25, 0.3) is 27.8 Å². The Morgan fingerprint density at radius 1 is 1.00 bits per heavy atom. The van der Waals surface area contributed by atoms with Gasteiger partial charge in [-0.3, -0.25) is 0 Å².